The number of rotatable bonds is 1. The Bertz CT molecular complexity index is 964. The summed E-state index contributed by atoms with van der Waals surface area (Å²) in [6.07, 6.45) is 3.33. The minimum absolute atomic E-state index is 0.284. The molecular weight excluding hydrogens is 310 g/mol. The second-order valence-corrected chi connectivity index (χ2v) is 9.13. The number of hydrogen-bond acceptors (Lipinski definition) is 1. The number of aromatic nitrogens is 1. The molecule has 1 aliphatic rings. The van der Waals surface area contributed by atoms with Gasteiger partial charge < -0.3 is 0 Å². The molecule has 3 aromatic rings. The molecule has 1 aliphatic heterocycles. The summed E-state index contributed by atoms with van der Waals surface area (Å²) in [4.78, 5) is 2.82. The fraction of sp³-hybridized carbons (Fsp3) is 0.318. The summed E-state index contributed by atoms with van der Waals surface area (Å²) in [6.45, 7) is 9.20. The standard InChI is InChI=1S/C22H24NS/c1-14-9-10-15-7-6-8-17-19(15)18(14)20-21(24-17)16(11-12-23(20)5)13-22(2,3)4/h6-12H,13H2,1-5H3/q+1. The normalized spacial score (nSPS) is 13.2. The van der Waals surface area contributed by atoms with Crippen LogP contribution in [0.2, 0.25) is 0 Å². The van der Waals surface area contributed by atoms with Crippen LogP contribution in [-0.4, -0.2) is 0 Å². The average Bonchev–Trinajstić information content (AvgIpc) is 2.52. The van der Waals surface area contributed by atoms with Crippen molar-refractivity contribution in [2.45, 2.75) is 43.9 Å². The first-order valence-corrected chi connectivity index (χ1v) is 9.39. The van der Waals surface area contributed by atoms with Crippen LogP contribution in [0.15, 0.2) is 52.4 Å². The molecule has 0 spiro atoms. The maximum atomic E-state index is 2.32. The van der Waals surface area contributed by atoms with E-state index in [2.05, 4.69) is 81.9 Å². The van der Waals surface area contributed by atoms with Gasteiger partial charge in [0, 0.05) is 16.3 Å². The summed E-state index contributed by atoms with van der Waals surface area (Å²) in [5.41, 5.74) is 5.90. The molecule has 122 valence electrons. The molecule has 0 saturated carbocycles. The van der Waals surface area contributed by atoms with Crippen LogP contribution in [0.4, 0.5) is 0 Å². The minimum atomic E-state index is 0.284. The summed E-state index contributed by atoms with van der Waals surface area (Å²) < 4.78 is 2.30. The van der Waals surface area contributed by atoms with Gasteiger partial charge in [-0.15, -0.1) is 0 Å². The highest BCUT2D eigenvalue weighted by Gasteiger charge is 2.30. The van der Waals surface area contributed by atoms with E-state index in [1.165, 1.54) is 42.9 Å². The lowest BCUT2D eigenvalue weighted by Gasteiger charge is -2.24. The van der Waals surface area contributed by atoms with E-state index in [1.54, 1.807) is 0 Å². The quantitative estimate of drug-likeness (QED) is 0.404. The Kier molecular flexibility index (Phi) is 3.50. The van der Waals surface area contributed by atoms with E-state index < -0.39 is 0 Å². The average molecular weight is 335 g/mol. The molecule has 4 rings (SSSR count). The van der Waals surface area contributed by atoms with Gasteiger partial charge in [-0.05, 0) is 41.3 Å². The summed E-state index contributed by atoms with van der Waals surface area (Å²) in [5.74, 6) is 0. The number of aryl methyl sites for hydroxylation is 2. The van der Waals surface area contributed by atoms with E-state index in [1.807, 2.05) is 11.8 Å². The van der Waals surface area contributed by atoms with Gasteiger partial charge in [0.2, 0.25) is 5.69 Å². The van der Waals surface area contributed by atoms with E-state index in [4.69, 9.17) is 0 Å². The first-order valence-electron chi connectivity index (χ1n) is 8.57. The third kappa shape index (κ3) is 2.44. The zero-order valence-corrected chi connectivity index (χ0v) is 15.9. The molecule has 0 bridgehead atoms. The monoisotopic (exact) mass is 334 g/mol. The van der Waals surface area contributed by atoms with E-state index in [0.29, 0.717) is 0 Å². The van der Waals surface area contributed by atoms with Crippen molar-refractivity contribution in [2.75, 3.05) is 0 Å². The summed E-state index contributed by atoms with van der Waals surface area (Å²) in [5, 5.41) is 2.76. The molecule has 24 heavy (non-hydrogen) atoms. The lowest BCUT2D eigenvalue weighted by molar-refractivity contribution is -0.662. The largest absolute Gasteiger partial charge is 0.227 e. The van der Waals surface area contributed by atoms with Gasteiger partial charge in [0.05, 0.1) is 10.5 Å². The zero-order chi connectivity index (χ0) is 17.1. The van der Waals surface area contributed by atoms with Crippen molar-refractivity contribution in [1.29, 1.82) is 0 Å². The van der Waals surface area contributed by atoms with Crippen LogP contribution in [0.5, 0.6) is 0 Å². The molecule has 1 aromatic heterocycles. The molecule has 0 saturated heterocycles. The van der Waals surface area contributed by atoms with Crippen molar-refractivity contribution < 1.29 is 4.57 Å². The molecule has 0 aliphatic carbocycles. The summed E-state index contributed by atoms with van der Waals surface area (Å²) in [7, 11) is 2.17. The smallest absolute Gasteiger partial charge is 0.200 e. The van der Waals surface area contributed by atoms with Crippen LogP contribution in [0.3, 0.4) is 0 Å². The van der Waals surface area contributed by atoms with Gasteiger partial charge in [0.1, 0.15) is 7.05 Å². The van der Waals surface area contributed by atoms with Crippen molar-refractivity contribution in [3.8, 4) is 11.3 Å². The Morgan fingerprint density at radius 2 is 1.83 bits per heavy atom. The van der Waals surface area contributed by atoms with Crippen LogP contribution in [-0.2, 0) is 13.5 Å². The number of benzene rings is 2. The molecule has 1 nitrogen and oxygen atoms in total. The van der Waals surface area contributed by atoms with Crippen molar-refractivity contribution in [3.05, 3.63) is 53.7 Å². The van der Waals surface area contributed by atoms with Gasteiger partial charge in [0.15, 0.2) is 6.20 Å². The second kappa shape index (κ2) is 5.35. The van der Waals surface area contributed by atoms with Gasteiger partial charge in [-0.25, -0.2) is 4.57 Å². The van der Waals surface area contributed by atoms with Gasteiger partial charge >= 0.3 is 0 Å². The predicted octanol–water partition coefficient (Wildman–Crippen LogP) is 5.69. The molecule has 0 unspecified atom stereocenters. The SMILES string of the molecule is Cc1ccc2cccc3c2c1-c1c(c(CC(C)(C)C)cc[n+]1C)S3. The van der Waals surface area contributed by atoms with E-state index >= 15 is 0 Å². The maximum absolute atomic E-state index is 2.32. The first-order chi connectivity index (χ1) is 11.3. The number of hydrogen-bond donors (Lipinski definition) is 0. The highest BCUT2D eigenvalue weighted by molar-refractivity contribution is 7.99. The molecule has 0 amide bonds. The lowest BCUT2D eigenvalue weighted by atomic mass is 9.87. The van der Waals surface area contributed by atoms with E-state index in [9.17, 15) is 0 Å². The highest BCUT2D eigenvalue weighted by Crippen LogP contribution is 2.49. The van der Waals surface area contributed by atoms with Gasteiger partial charge in [-0.2, -0.15) is 0 Å². The fourth-order valence-corrected chi connectivity index (χ4v) is 5.03. The third-order valence-electron chi connectivity index (χ3n) is 4.74. The Morgan fingerprint density at radius 3 is 2.58 bits per heavy atom. The Hall–Kier alpha value is -1.80. The van der Waals surface area contributed by atoms with Crippen molar-refractivity contribution >= 4 is 22.5 Å². The third-order valence-corrected chi connectivity index (χ3v) is 5.96. The molecule has 0 N–H and O–H groups in total. The van der Waals surface area contributed by atoms with Gasteiger partial charge in [-0.1, -0.05) is 56.8 Å². The van der Waals surface area contributed by atoms with Crippen molar-refractivity contribution in [3.63, 3.8) is 0 Å². The fourth-order valence-electron chi connectivity index (χ4n) is 3.73. The predicted molar refractivity (Wildman–Crippen MR) is 103 cm³/mol. The van der Waals surface area contributed by atoms with Gasteiger partial charge in [-0.3, -0.25) is 0 Å². The Morgan fingerprint density at radius 1 is 1.04 bits per heavy atom. The van der Waals surface area contributed by atoms with Crippen LogP contribution in [0.1, 0.15) is 31.9 Å². The molecular formula is C22H24NS+. The minimum Gasteiger partial charge on any atom is -0.200 e. The Labute approximate surface area is 148 Å². The van der Waals surface area contributed by atoms with Crippen LogP contribution < -0.4 is 4.57 Å². The van der Waals surface area contributed by atoms with Crippen molar-refractivity contribution in [2.24, 2.45) is 12.5 Å². The maximum Gasteiger partial charge on any atom is 0.227 e. The molecule has 0 atom stereocenters. The summed E-state index contributed by atoms with van der Waals surface area (Å²) in [6, 6.07) is 13.5. The highest BCUT2D eigenvalue weighted by atomic mass is 32.2. The number of nitrogens with zero attached hydrogens (tertiary/aromatic N) is 1. The molecule has 0 fully saturated rings. The number of pyridine rings is 1. The second-order valence-electron chi connectivity index (χ2n) is 8.08. The van der Waals surface area contributed by atoms with Gasteiger partial charge in [0.25, 0.3) is 0 Å². The van der Waals surface area contributed by atoms with Crippen molar-refractivity contribution in [1.82, 2.24) is 0 Å². The topological polar surface area (TPSA) is 3.88 Å². The van der Waals surface area contributed by atoms with Crippen LogP contribution in [0, 0.1) is 12.3 Å². The summed E-state index contributed by atoms with van der Waals surface area (Å²) >= 11 is 1.94. The molecule has 2 aromatic carbocycles. The molecule has 2 heterocycles. The van der Waals surface area contributed by atoms with E-state index in [0.717, 1.165) is 6.42 Å². The van der Waals surface area contributed by atoms with Crippen LogP contribution in [0.25, 0.3) is 22.0 Å². The Balaban J connectivity index is 2.08. The lowest BCUT2D eigenvalue weighted by Crippen LogP contribution is -2.33. The molecule has 0 radical (unpaired) electrons. The number of fused-ring (bicyclic) bond motifs is 2. The van der Waals surface area contributed by atoms with Crippen LogP contribution >= 0.6 is 11.8 Å². The molecule has 2 heteroatoms. The zero-order valence-electron chi connectivity index (χ0n) is 15.1. The first kappa shape index (κ1) is 15.7. The van der Waals surface area contributed by atoms with E-state index in [-0.39, 0.29) is 5.41 Å².